The van der Waals surface area contributed by atoms with E-state index in [-0.39, 0.29) is 17.7 Å². The van der Waals surface area contributed by atoms with Crippen molar-refractivity contribution in [3.63, 3.8) is 0 Å². The van der Waals surface area contributed by atoms with Gasteiger partial charge in [-0.15, -0.1) is 5.10 Å². The first kappa shape index (κ1) is 25.5. The van der Waals surface area contributed by atoms with Gasteiger partial charge in [-0.25, -0.2) is 18.8 Å². The molecule has 1 atom stereocenters. The summed E-state index contributed by atoms with van der Waals surface area (Å²) in [5.74, 6) is 0.385. The first-order valence-electron chi connectivity index (χ1n) is 13.0. The van der Waals surface area contributed by atoms with Crippen molar-refractivity contribution in [3.8, 4) is 17.1 Å². The maximum Gasteiger partial charge on any atom is 0.351 e. The summed E-state index contributed by atoms with van der Waals surface area (Å²) >= 11 is 0. The van der Waals surface area contributed by atoms with Crippen LogP contribution in [-0.4, -0.2) is 58.5 Å². The predicted octanol–water partition coefficient (Wildman–Crippen LogP) is 4.32. The number of benzene rings is 3. The number of piperazine rings is 1. The van der Waals surface area contributed by atoms with Gasteiger partial charge in [-0.2, -0.15) is 0 Å². The van der Waals surface area contributed by atoms with Crippen molar-refractivity contribution >= 4 is 11.7 Å². The Morgan fingerprint density at radius 3 is 1.97 bits per heavy atom. The van der Waals surface area contributed by atoms with Crippen molar-refractivity contribution in [2.75, 3.05) is 38.2 Å². The molecule has 1 fully saturated rings. The minimum Gasteiger partial charge on any atom is -0.468 e. The Morgan fingerprint density at radius 2 is 1.39 bits per heavy atom. The molecule has 0 amide bonds. The number of rotatable bonds is 7. The number of hydrogen-bond donors (Lipinski definition) is 0. The van der Waals surface area contributed by atoms with Crippen molar-refractivity contribution in [2.24, 2.45) is 0 Å². The van der Waals surface area contributed by atoms with Crippen LogP contribution in [0.25, 0.3) is 17.1 Å². The molecule has 0 saturated carbocycles. The maximum atomic E-state index is 13.3. The van der Waals surface area contributed by atoms with E-state index in [4.69, 9.17) is 4.74 Å². The third-order valence-corrected chi connectivity index (χ3v) is 7.01. The summed E-state index contributed by atoms with van der Waals surface area (Å²) in [6, 6.07) is 27.2. The zero-order valence-electron chi connectivity index (χ0n) is 22.0. The highest BCUT2D eigenvalue weighted by molar-refractivity contribution is 5.77. The molecule has 1 saturated heterocycles. The molecule has 0 aliphatic carbocycles. The van der Waals surface area contributed by atoms with E-state index < -0.39 is 6.04 Å². The van der Waals surface area contributed by atoms with Gasteiger partial charge < -0.3 is 9.64 Å². The minimum atomic E-state index is -0.411. The topological polar surface area (TPSA) is 72.6 Å². The number of esters is 1. The Kier molecular flexibility index (Phi) is 7.42. The van der Waals surface area contributed by atoms with Crippen LogP contribution in [0, 0.1) is 0 Å². The fraction of sp³-hybridized carbons (Fsp3) is 0.300. The average Bonchev–Trinajstić information content (AvgIpc) is 3.32. The molecule has 1 unspecified atom stereocenters. The number of hydrogen-bond acceptors (Lipinski definition) is 6. The van der Waals surface area contributed by atoms with Crippen LogP contribution >= 0.6 is 0 Å². The summed E-state index contributed by atoms with van der Waals surface area (Å²) in [5.41, 5.74) is 3.53. The number of carbonyl (C=O) groups is 1. The molecule has 1 aromatic heterocycles. The number of nitrogens with zero attached hydrogens (tertiary/aromatic N) is 5. The van der Waals surface area contributed by atoms with Crippen molar-refractivity contribution < 1.29 is 9.53 Å². The van der Waals surface area contributed by atoms with Gasteiger partial charge in [0.25, 0.3) is 0 Å². The molecule has 0 spiro atoms. The maximum absolute atomic E-state index is 13.3. The molecule has 38 heavy (non-hydrogen) atoms. The lowest BCUT2D eigenvalue weighted by Crippen LogP contribution is -2.49. The van der Waals surface area contributed by atoms with Gasteiger partial charge in [0.2, 0.25) is 0 Å². The molecule has 8 nitrogen and oxygen atoms in total. The van der Waals surface area contributed by atoms with Gasteiger partial charge in [0, 0.05) is 37.4 Å². The Morgan fingerprint density at radius 1 is 0.816 bits per heavy atom. The second kappa shape index (κ2) is 11.1. The fourth-order valence-corrected chi connectivity index (χ4v) is 5.02. The second-order valence-electron chi connectivity index (χ2n) is 9.72. The molecule has 5 rings (SSSR count). The molecule has 0 bridgehead atoms. The Hall–Kier alpha value is -4.17. The molecule has 0 N–H and O–H groups in total. The van der Waals surface area contributed by atoms with Gasteiger partial charge >= 0.3 is 11.7 Å². The van der Waals surface area contributed by atoms with Crippen LogP contribution in [0.4, 0.5) is 5.69 Å². The lowest BCUT2D eigenvalue weighted by Gasteiger charge is -2.39. The van der Waals surface area contributed by atoms with E-state index >= 15 is 0 Å². The Balaban J connectivity index is 1.36. The monoisotopic (exact) mass is 511 g/mol. The van der Waals surface area contributed by atoms with E-state index in [1.54, 1.807) is 4.57 Å². The highest BCUT2D eigenvalue weighted by Crippen LogP contribution is 2.27. The summed E-state index contributed by atoms with van der Waals surface area (Å²) in [7, 11) is 1.44. The first-order chi connectivity index (χ1) is 18.5. The van der Waals surface area contributed by atoms with Crippen LogP contribution in [0.5, 0.6) is 0 Å². The van der Waals surface area contributed by atoms with Crippen LogP contribution in [0.1, 0.15) is 31.5 Å². The standard InChI is InChI=1S/C30H33N5O3/c1-22(2)35-30(37)34(28(31-35)24-12-8-5-9-13-24)26-16-14-25(15-17-26)32-18-20-33(21-19-32)27(29(36)38-3)23-10-6-4-7-11-23/h4-17,22,27H,18-21H2,1-3H3. The molecular formula is C30H33N5O3. The molecule has 0 radical (unpaired) electrons. The van der Waals surface area contributed by atoms with Crippen LogP contribution in [-0.2, 0) is 9.53 Å². The quantitative estimate of drug-likeness (QED) is 0.344. The molecular weight excluding hydrogens is 478 g/mol. The highest BCUT2D eigenvalue weighted by atomic mass is 16.5. The molecule has 1 aliphatic rings. The minimum absolute atomic E-state index is 0.0496. The molecule has 4 aromatic rings. The molecule has 8 heteroatoms. The number of carbonyl (C=O) groups excluding carboxylic acids is 1. The normalized spacial score (nSPS) is 15.0. The van der Waals surface area contributed by atoms with Crippen LogP contribution in [0.15, 0.2) is 89.7 Å². The lowest BCUT2D eigenvalue weighted by molar-refractivity contribution is -0.147. The van der Waals surface area contributed by atoms with Gasteiger partial charge in [0.1, 0.15) is 6.04 Å². The predicted molar refractivity (Wildman–Crippen MR) is 149 cm³/mol. The van der Waals surface area contributed by atoms with E-state index in [0.717, 1.165) is 48.7 Å². The third-order valence-electron chi connectivity index (χ3n) is 7.01. The largest absolute Gasteiger partial charge is 0.468 e. The fourth-order valence-electron chi connectivity index (χ4n) is 5.02. The molecule has 196 valence electrons. The van der Waals surface area contributed by atoms with Gasteiger partial charge in [-0.3, -0.25) is 4.90 Å². The van der Waals surface area contributed by atoms with Crippen molar-refractivity contribution in [3.05, 3.63) is 101 Å². The van der Waals surface area contributed by atoms with Crippen molar-refractivity contribution in [1.82, 2.24) is 19.2 Å². The summed E-state index contributed by atoms with van der Waals surface area (Å²) in [6.45, 7) is 6.93. The van der Waals surface area contributed by atoms with Gasteiger partial charge in [-0.1, -0.05) is 60.7 Å². The SMILES string of the molecule is COC(=O)C(c1ccccc1)N1CCN(c2ccc(-n3c(-c4ccccc4)nn(C(C)C)c3=O)cc2)CC1. The van der Waals surface area contributed by atoms with Crippen LogP contribution < -0.4 is 10.6 Å². The summed E-state index contributed by atoms with van der Waals surface area (Å²) < 4.78 is 8.33. The number of methoxy groups -OCH3 is 1. The van der Waals surface area contributed by atoms with Crippen molar-refractivity contribution in [1.29, 1.82) is 0 Å². The summed E-state index contributed by atoms with van der Waals surface area (Å²) in [5, 5.41) is 4.65. The average molecular weight is 512 g/mol. The first-order valence-corrected chi connectivity index (χ1v) is 13.0. The molecule has 3 aromatic carbocycles. The smallest absolute Gasteiger partial charge is 0.351 e. The van der Waals surface area contributed by atoms with Crippen LogP contribution in [0.2, 0.25) is 0 Å². The molecule has 2 heterocycles. The van der Waals surface area contributed by atoms with Crippen molar-refractivity contribution in [2.45, 2.75) is 25.9 Å². The number of ether oxygens (including phenoxy) is 1. The Labute approximate surface area is 222 Å². The van der Waals surface area contributed by atoms with E-state index in [1.807, 2.05) is 98.8 Å². The van der Waals surface area contributed by atoms with Crippen LogP contribution in [0.3, 0.4) is 0 Å². The van der Waals surface area contributed by atoms with Gasteiger partial charge in [0.15, 0.2) is 5.82 Å². The summed E-state index contributed by atoms with van der Waals surface area (Å²) in [4.78, 5) is 30.4. The van der Waals surface area contributed by atoms with E-state index in [1.165, 1.54) is 11.8 Å². The highest BCUT2D eigenvalue weighted by Gasteiger charge is 2.31. The summed E-state index contributed by atoms with van der Waals surface area (Å²) in [6.07, 6.45) is 0. The van der Waals surface area contributed by atoms with E-state index in [0.29, 0.717) is 5.82 Å². The Bertz CT molecular complexity index is 1420. The molecule has 1 aliphatic heterocycles. The van der Waals surface area contributed by atoms with Gasteiger partial charge in [-0.05, 0) is 43.7 Å². The third kappa shape index (κ3) is 4.99. The lowest BCUT2D eigenvalue weighted by atomic mass is 10.0. The zero-order chi connectivity index (χ0) is 26.6. The van der Waals surface area contributed by atoms with Gasteiger partial charge in [0.05, 0.1) is 18.8 Å². The number of anilines is 1. The number of aromatic nitrogens is 3. The zero-order valence-corrected chi connectivity index (χ0v) is 22.0. The second-order valence-corrected chi connectivity index (χ2v) is 9.72. The van der Waals surface area contributed by atoms with E-state index in [9.17, 15) is 9.59 Å². The van der Waals surface area contributed by atoms with E-state index in [2.05, 4.69) is 14.9 Å².